The summed E-state index contributed by atoms with van der Waals surface area (Å²) in [5, 5.41) is 3.08. The first-order valence-corrected chi connectivity index (χ1v) is 8.31. The van der Waals surface area contributed by atoms with Crippen molar-refractivity contribution in [2.24, 2.45) is 5.92 Å². The molecule has 3 nitrogen and oxygen atoms in total. The van der Waals surface area contributed by atoms with Gasteiger partial charge in [-0.15, -0.1) is 11.3 Å². The predicted octanol–water partition coefficient (Wildman–Crippen LogP) is 3.82. The molecule has 1 N–H and O–H groups in total. The molecule has 0 radical (unpaired) electrons. The summed E-state index contributed by atoms with van der Waals surface area (Å²) in [4.78, 5) is 12.8. The quantitative estimate of drug-likeness (QED) is 0.843. The number of hydrogen-bond acceptors (Lipinski definition) is 3. The Balaban J connectivity index is 1.93. The van der Waals surface area contributed by atoms with E-state index in [9.17, 15) is 4.79 Å². The molecule has 1 aliphatic heterocycles. The molecule has 2 heterocycles. The van der Waals surface area contributed by atoms with Crippen LogP contribution in [-0.2, 0) is 4.74 Å². The lowest BCUT2D eigenvalue weighted by Gasteiger charge is -2.28. The van der Waals surface area contributed by atoms with Crippen molar-refractivity contribution in [1.29, 1.82) is 0 Å². The lowest BCUT2D eigenvalue weighted by molar-refractivity contribution is 0.0539. The molecule has 0 aromatic carbocycles. The summed E-state index contributed by atoms with van der Waals surface area (Å²) in [6.45, 7) is 3.69. The minimum Gasteiger partial charge on any atom is -0.381 e. The number of thiophene rings is 1. The van der Waals surface area contributed by atoms with Gasteiger partial charge in [-0.2, -0.15) is 0 Å². The van der Waals surface area contributed by atoms with E-state index in [-0.39, 0.29) is 11.9 Å². The Labute approximate surface area is 128 Å². The number of amides is 1. The largest absolute Gasteiger partial charge is 0.381 e. The van der Waals surface area contributed by atoms with Crippen LogP contribution in [0.5, 0.6) is 0 Å². The fourth-order valence-corrected chi connectivity index (χ4v) is 4.01. The van der Waals surface area contributed by atoms with Gasteiger partial charge in [0.25, 0.3) is 5.91 Å². The van der Waals surface area contributed by atoms with Crippen molar-refractivity contribution in [2.75, 3.05) is 13.2 Å². The molecule has 1 aromatic rings. The van der Waals surface area contributed by atoms with Crippen LogP contribution in [0.2, 0.25) is 0 Å². The molecule has 1 unspecified atom stereocenters. The third-order valence-corrected chi connectivity index (χ3v) is 6.46. The van der Waals surface area contributed by atoms with Gasteiger partial charge in [0, 0.05) is 23.7 Å². The van der Waals surface area contributed by atoms with E-state index in [0.717, 1.165) is 39.2 Å². The molecule has 0 spiro atoms. The molecular weight excluding hydrogens is 382 g/mol. The Morgan fingerprint density at radius 3 is 2.72 bits per heavy atom. The van der Waals surface area contributed by atoms with Crippen LogP contribution in [-0.4, -0.2) is 25.2 Å². The maximum absolute atomic E-state index is 12.1. The molecule has 1 saturated heterocycles. The molecule has 1 aliphatic rings. The van der Waals surface area contributed by atoms with Gasteiger partial charge in [0.1, 0.15) is 0 Å². The van der Waals surface area contributed by atoms with Crippen LogP contribution >= 0.6 is 43.2 Å². The van der Waals surface area contributed by atoms with Crippen LogP contribution in [0.1, 0.15) is 29.4 Å². The van der Waals surface area contributed by atoms with Crippen LogP contribution in [0.3, 0.4) is 0 Å². The monoisotopic (exact) mass is 395 g/mol. The van der Waals surface area contributed by atoms with Crippen molar-refractivity contribution in [1.82, 2.24) is 5.32 Å². The van der Waals surface area contributed by atoms with Crippen LogP contribution in [0.25, 0.3) is 0 Å². The van der Waals surface area contributed by atoms with Gasteiger partial charge in [-0.25, -0.2) is 0 Å². The van der Waals surface area contributed by atoms with Crippen LogP contribution in [0, 0.1) is 5.92 Å². The van der Waals surface area contributed by atoms with Gasteiger partial charge >= 0.3 is 0 Å². The predicted molar refractivity (Wildman–Crippen MR) is 80.2 cm³/mol. The zero-order valence-corrected chi connectivity index (χ0v) is 14.0. The molecule has 0 saturated carbocycles. The number of halogens is 2. The highest BCUT2D eigenvalue weighted by Crippen LogP contribution is 2.32. The van der Waals surface area contributed by atoms with Crippen LogP contribution in [0.15, 0.2) is 14.3 Å². The molecule has 1 amide bonds. The molecular formula is C12H15Br2NO2S. The van der Waals surface area contributed by atoms with Gasteiger partial charge in [0.15, 0.2) is 0 Å². The summed E-state index contributed by atoms with van der Waals surface area (Å²) in [5.41, 5.74) is 0. The molecule has 0 bridgehead atoms. The molecule has 18 heavy (non-hydrogen) atoms. The third-order valence-electron chi connectivity index (χ3n) is 3.20. The third kappa shape index (κ3) is 3.56. The van der Waals surface area contributed by atoms with E-state index in [0.29, 0.717) is 5.92 Å². The van der Waals surface area contributed by atoms with Crippen molar-refractivity contribution in [2.45, 2.75) is 25.8 Å². The molecule has 1 aromatic heterocycles. The van der Waals surface area contributed by atoms with Crippen molar-refractivity contribution < 1.29 is 9.53 Å². The van der Waals surface area contributed by atoms with Gasteiger partial charge in [-0.05, 0) is 63.6 Å². The number of rotatable bonds is 3. The van der Waals surface area contributed by atoms with E-state index in [1.165, 1.54) is 11.3 Å². The van der Waals surface area contributed by atoms with Gasteiger partial charge < -0.3 is 10.1 Å². The summed E-state index contributed by atoms with van der Waals surface area (Å²) in [5.74, 6) is 0.528. The van der Waals surface area contributed by atoms with Gasteiger partial charge in [-0.1, -0.05) is 0 Å². The number of nitrogens with one attached hydrogen (secondary N) is 1. The van der Waals surface area contributed by atoms with Crippen molar-refractivity contribution in [3.05, 3.63) is 19.2 Å². The van der Waals surface area contributed by atoms with Crippen molar-refractivity contribution in [3.63, 3.8) is 0 Å². The lowest BCUT2D eigenvalue weighted by Crippen LogP contribution is -2.40. The molecule has 1 atom stereocenters. The van der Waals surface area contributed by atoms with E-state index < -0.39 is 0 Å². The average molecular weight is 397 g/mol. The second-order valence-electron chi connectivity index (χ2n) is 4.44. The fraction of sp³-hybridized carbons (Fsp3) is 0.583. The Morgan fingerprint density at radius 2 is 2.17 bits per heavy atom. The maximum Gasteiger partial charge on any atom is 0.261 e. The smallest absolute Gasteiger partial charge is 0.261 e. The van der Waals surface area contributed by atoms with Crippen molar-refractivity contribution >= 4 is 49.1 Å². The normalized spacial score (nSPS) is 18.6. The second kappa shape index (κ2) is 6.50. The topological polar surface area (TPSA) is 38.3 Å². The molecule has 0 aliphatic carbocycles. The standard InChI is InChI=1S/C12H15Br2NO2S/c1-7(8-2-4-17-5-3-8)15-12(16)10-6-9(13)11(14)18-10/h6-8H,2-5H2,1H3,(H,15,16). The molecule has 100 valence electrons. The molecule has 6 heteroatoms. The Hall–Kier alpha value is 0.0900. The summed E-state index contributed by atoms with van der Waals surface area (Å²) in [7, 11) is 0. The minimum atomic E-state index is 0.00499. The highest BCUT2D eigenvalue weighted by atomic mass is 79.9. The van der Waals surface area contributed by atoms with E-state index in [2.05, 4.69) is 44.1 Å². The van der Waals surface area contributed by atoms with Gasteiger partial charge in [-0.3, -0.25) is 4.79 Å². The van der Waals surface area contributed by atoms with Gasteiger partial charge in [0.2, 0.25) is 0 Å². The van der Waals surface area contributed by atoms with E-state index >= 15 is 0 Å². The Bertz CT molecular complexity index is 410. The molecule has 2 rings (SSSR count). The van der Waals surface area contributed by atoms with E-state index in [4.69, 9.17) is 4.74 Å². The lowest BCUT2D eigenvalue weighted by atomic mass is 9.93. The summed E-state index contributed by atoms with van der Waals surface area (Å²) >= 11 is 8.24. The van der Waals surface area contributed by atoms with Crippen LogP contribution in [0.4, 0.5) is 0 Å². The zero-order valence-electron chi connectivity index (χ0n) is 10.0. The number of hydrogen-bond donors (Lipinski definition) is 1. The highest BCUT2D eigenvalue weighted by molar-refractivity contribution is 9.13. The van der Waals surface area contributed by atoms with Crippen molar-refractivity contribution in [3.8, 4) is 0 Å². The number of ether oxygens (including phenoxy) is 1. The first-order chi connectivity index (χ1) is 8.58. The maximum atomic E-state index is 12.1. The summed E-state index contributed by atoms with van der Waals surface area (Å²) < 4.78 is 7.21. The highest BCUT2D eigenvalue weighted by Gasteiger charge is 2.23. The summed E-state index contributed by atoms with van der Waals surface area (Å²) in [6, 6.07) is 2.04. The van der Waals surface area contributed by atoms with Crippen LogP contribution < -0.4 is 5.32 Å². The summed E-state index contributed by atoms with van der Waals surface area (Å²) in [6.07, 6.45) is 2.05. The zero-order chi connectivity index (χ0) is 13.1. The SMILES string of the molecule is CC(NC(=O)c1cc(Br)c(Br)s1)C1CCOCC1. The number of carbonyl (C=O) groups is 1. The Morgan fingerprint density at radius 1 is 1.50 bits per heavy atom. The van der Waals surface area contributed by atoms with Gasteiger partial charge in [0.05, 0.1) is 8.66 Å². The Kier molecular flexibility index (Phi) is 5.24. The second-order valence-corrected chi connectivity index (χ2v) is 7.67. The average Bonchev–Trinajstić information content (AvgIpc) is 2.71. The fourth-order valence-electron chi connectivity index (χ4n) is 2.07. The van der Waals surface area contributed by atoms with E-state index in [1.54, 1.807) is 0 Å². The number of carbonyl (C=O) groups excluding carboxylic acids is 1. The first-order valence-electron chi connectivity index (χ1n) is 5.91. The minimum absolute atomic E-state index is 0.00499. The molecule has 1 fully saturated rings. The van der Waals surface area contributed by atoms with E-state index in [1.807, 2.05) is 6.07 Å². The first kappa shape index (κ1) is 14.5.